The van der Waals surface area contributed by atoms with Crippen molar-refractivity contribution in [1.29, 1.82) is 0 Å². The van der Waals surface area contributed by atoms with Gasteiger partial charge in [0.25, 0.3) is 10.0 Å². The van der Waals surface area contributed by atoms with Crippen molar-refractivity contribution in [2.45, 2.75) is 31.2 Å². The average Bonchev–Trinajstić information content (AvgIpc) is 2.90. The van der Waals surface area contributed by atoms with Crippen LogP contribution in [0.3, 0.4) is 0 Å². The van der Waals surface area contributed by atoms with Crippen molar-refractivity contribution in [3.8, 4) is 5.75 Å². The normalized spacial score (nSPS) is 16.4. The Morgan fingerprint density at radius 3 is 2.48 bits per heavy atom. The van der Waals surface area contributed by atoms with Crippen LogP contribution in [-0.4, -0.2) is 27.5 Å². The van der Waals surface area contributed by atoms with E-state index in [0.29, 0.717) is 17.9 Å². The Hall–Kier alpha value is -2.54. The van der Waals surface area contributed by atoms with E-state index < -0.39 is 10.0 Å². The first-order chi connectivity index (χ1) is 11.8. The van der Waals surface area contributed by atoms with Crippen molar-refractivity contribution in [1.82, 2.24) is 0 Å². The molecule has 2 aromatic carbocycles. The summed E-state index contributed by atoms with van der Waals surface area (Å²) in [4.78, 5) is 13.7. The fourth-order valence-electron chi connectivity index (χ4n) is 3.13. The molecule has 1 amide bonds. The molecule has 7 heteroatoms. The van der Waals surface area contributed by atoms with Gasteiger partial charge in [-0.05, 0) is 61.4 Å². The first-order valence-electron chi connectivity index (χ1n) is 7.91. The highest BCUT2D eigenvalue weighted by atomic mass is 32.2. The lowest BCUT2D eigenvalue weighted by Crippen LogP contribution is -2.33. The second-order valence-electron chi connectivity index (χ2n) is 6.07. The Labute approximate surface area is 147 Å². The van der Waals surface area contributed by atoms with Crippen molar-refractivity contribution < 1.29 is 17.9 Å². The average molecular weight is 360 g/mol. The predicted octanol–water partition coefficient (Wildman–Crippen LogP) is 2.79. The molecule has 3 rings (SSSR count). The van der Waals surface area contributed by atoms with E-state index in [1.54, 1.807) is 48.4 Å². The van der Waals surface area contributed by atoms with Crippen LogP contribution in [0.1, 0.15) is 19.4 Å². The number of fused-ring (bicyclic) bond motifs is 1. The largest absolute Gasteiger partial charge is 0.497 e. The number of carbonyl (C=O) groups excluding carboxylic acids is 1. The van der Waals surface area contributed by atoms with E-state index in [0.717, 1.165) is 11.3 Å². The summed E-state index contributed by atoms with van der Waals surface area (Å²) >= 11 is 0. The summed E-state index contributed by atoms with van der Waals surface area (Å²) in [7, 11) is -2.15. The number of carbonyl (C=O) groups is 1. The molecule has 0 aliphatic carbocycles. The predicted molar refractivity (Wildman–Crippen MR) is 96.6 cm³/mol. The molecule has 2 aromatic rings. The molecule has 1 N–H and O–H groups in total. The van der Waals surface area contributed by atoms with Crippen LogP contribution in [0.2, 0.25) is 0 Å². The number of anilines is 2. The van der Waals surface area contributed by atoms with Gasteiger partial charge in [-0.1, -0.05) is 0 Å². The third kappa shape index (κ3) is 3.32. The number of methoxy groups -OCH3 is 1. The maximum absolute atomic E-state index is 12.6. The molecule has 0 spiro atoms. The Morgan fingerprint density at radius 2 is 1.88 bits per heavy atom. The van der Waals surface area contributed by atoms with E-state index in [-0.39, 0.29) is 16.8 Å². The lowest BCUT2D eigenvalue weighted by molar-refractivity contribution is -0.116. The molecule has 1 aliphatic heterocycles. The zero-order chi connectivity index (χ0) is 18.2. The lowest BCUT2D eigenvalue weighted by Gasteiger charge is -2.20. The van der Waals surface area contributed by atoms with Crippen LogP contribution >= 0.6 is 0 Å². The van der Waals surface area contributed by atoms with Gasteiger partial charge in [0.15, 0.2) is 0 Å². The van der Waals surface area contributed by atoms with E-state index >= 15 is 0 Å². The quantitative estimate of drug-likeness (QED) is 0.910. The monoisotopic (exact) mass is 360 g/mol. The Balaban J connectivity index is 1.88. The van der Waals surface area contributed by atoms with Gasteiger partial charge in [-0.2, -0.15) is 0 Å². The van der Waals surface area contributed by atoms with E-state index in [2.05, 4.69) is 4.72 Å². The number of hydrogen-bond donors (Lipinski definition) is 1. The van der Waals surface area contributed by atoms with Gasteiger partial charge in [0, 0.05) is 24.3 Å². The number of benzene rings is 2. The fraction of sp³-hybridized carbons (Fsp3) is 0.278. The van der Waals surface area contributed by atoms with Crippen molar-refractivity contribution >= 4 is 27.3 Å². The lowest BCUT2D eigenvalue weighted by atomic mass is 10.1. The molecule has 0 radical (unpaired) electrons. The maximum Gasteiger partial charge on any atom is 0.261 e. The van der Waals surface area contributed by atoms with E-state index in [1.165, 1.54) is 13.0 Å². The van der Waals surface area contributed by atoms with Crippen molar-refractivity contribution in [2.75, 3.05) is 16.7 Å². The number of hydrogen-bond acceptors (Lipinski definition) is 4. The van der Waals surface area contributed by atoms with Crippen LogP contribution in [0.4, 0.5) is 11.4 Å². The molecular formula is C18H20N2O4S. The van der Waals surface area contributed by atoms with Crippen molar-refractivity contribution in [3.05, 3.63) is 48.0 Å². The molecular weight excluding hydrogens is 340 g/mol. The van der Waals surface area contributed by atoms with Crippen LogP contribution in [0, 0.1) is 0 Å². The zero-order valence-corrected chi connectivity index (χ0v) is 15.1. The molecule has 25 heavy (non-hydrogen) atoms. The van der Waals surface area contributed by atoms with Gasteiger partial charge in [0.05, 0.1) is 12.0 Å². The first kappa shape index (κ1) is 17.3. The molecule has 0 unspecified atom stereocenters. The second kappa shape index (κ2) is 6.40. The van der Waals surface area contributed by atoms with Gasteiger partial charge in [-0.3, -0.25) is 9.52 Å². The summed E-state index contributed by atoms with van der Waals surface area (Å²) < 4.78 is 32.9. The number of nitrogens with zero attached hydrogens (tertiary/aromatic N) is 1. The second-order valence-corrected chi connectivity index (χ2v) is 7.75. The molecule has 0 bridgehead atoms. The van der Waals surface area contributed by atoms with Crippen LogP contribution in [0.15, 0.2) is 47.4 Å². The van der Waals surface area contributed by atoms with E-state index in [4.69, 9.17) is 4.74 Å². The van der Waals surface area contributed by atoms with Gasteiger partial charge in [0.2, 0.25) is 5.91 Å². The first-order valence-corrected chi connectivity index (χ1v) is 9.40. The highest BCUT2D eigenvalue weighted by molar-refractivity contribution is 7.92. The maximum atomic E-state index is 12.6. The molecule has 1 heterocycles. The summed E-state index contributed by atoms with van der Waals surface area (Å²) in [6, 6.07) is 11.6. The minimum Gasteiger partial charge on any atom is -0.497 e. The summed E-state index contributed by atoms with van der Waals surface area (Å²) in [5.74, 6) is 0.608. The van der Waals surface area contributed by atoms with E-state index in [9.17, 15) is 13.2 Å². The molecule has 0 saturated heterocycles. The molecule has 0 fully saturated rings. The van der Waals surface area contributed by atoms with Crippen LogP contribution in [0.25, 0.3) is 0 Å². The van der Waals surface area contributed by atoms with Gasteiger partial charge in [-0.25, -0.2) is 8.42 Å². The Kier molecular flexibility index (Phi) is 4.43. The Bertz CT molecular complexity index is 907. The van der Waals surface area contributed by atoms with Gasteiger partial charge < -0.3 is 9.64 Å². The van der Waals surface area contributed by atoms with Crippen LogP contribution < -0.4 is 14.4 Å². The number of sulfonamides is 1. The van der Waals surface area contributed by atoms with Crippen molar-refractivity contribution in [2.24, 2.45) is 0 Å². The summed E-state index contributed by atoms with van der Waals surface area (Å²) in [5.41, 5.74) is 2.10. The zero-order valence-electron chi connectivity index (χ0n) is 14.3. The number of nitrogens with one attached hydrogen (secondary N) is 1. The third-order valence-electron chi connectivity index (χ3n) is 4.26. The number of ether oxygens (including phenoxy) is 1. The van der Waals surface area contributed by atoms with Gasteiger partial charge >= 0.3 is 0 Å². The highest BCUT2D eigenvalue weighted by Crippen LogP contribution is 2.34. The minimum atomic E-state index is -3.70. The fourth-order valence-corrected chi connectivity index (χ4v) is 4.24. The summed E-state index contributed by atoms with van der Waals surface area (Å²) in [6.07, 6.45) is 0.640. The SMILES string of the molecule is COc1ccc(NS(=O)(=O)c2ccc3c(c2)C[C@H](C)N3C(C)=O)cc1. The van der Waals surface area contributed by atoms with Gasteiger partial charge in [-0.15, -0.1) is 0 Å². The Morgan fingerprint density at radius 1 is 1.20 bits per heavy atom. The molecule has 0 aromatic heterocycles. The van der Waals surface area contributed by atoms with Gasteiger partial charge in [0.1, 0.15) is 5.75 Å². The smallest absolute Gasteiger partial charge is 0.261 e. The topological polar surface area (TPSA) is 75.7 Å². The van der Waals surface area contributed by atoms with Crippen molar-refractivity contribution in [3.63, 3.8) is 0 Å². The molecule has 1 atom stereocenters. The third-order valence-corrected chi connectivity index (χ3v) is 5.64. The molecule has 6 nitrogen and oxygen atoms in total. The highest BCUT2D eigenvalue weighted by Gasteiger charge is 2.30. The standard InChI is InChI=1S/C18H20N2O4S/c1-12-10-14-11-17(8-9-18(14)20(12)13(2)21)25(22,23)19-15-4-6-16(24-3)7-5-15/h4-9,11-12,19H,10H2,1-3H3/t12-/m0/s1. The van der Waals surface area contributed by atoms with E-state index in [1.807, 2.05) is 6.92 Å². The van der Waals surface area contributed by atoms with Crippen LogP contribution in [0.5, 0.6) is 5.75 Å². The molecule has 1 aliphatic rings. The van der Waals surface area contributed by atoms with Crippen LogP contribution in [-0.2, 0) is 21.2 Å². The summed E-state index contributed by atoms with van der Waals surface area (Å²) in [6.45, 7) is 3.46. The molecule has 132 valence electrons. The summed E-state index contributed by atoms with van der Waals surface area (Å²) in [5, 5.41) is 0. The minimum absolute atomic E-state index is 0.0278. The number of rotatable bonds is 4. The molecule has 0 saturated carbocycles. The number of amides is 1.